The molecule has 0 bridgehead atoms. The second kappa shape index (κ2) is 6.35. The Bertz CT molecular complexity index is 324. The first-order valence-electron chi connectivity index (χ1n) is 5.41. The fourth-order valence-electron chi connectivity index (χ4n) is 1.45. The molecule has 0 heterocycles. The van der Waals surface area contributed by atoms with Gasteiger partial charge < -0.3 is 20.3 Å². The third-order valence-electron chi connectivity index (χ3n) is 2.55. The number of aliphatic hydroxyl groups excluding tert-OH is 1. The van der Waals surface area contributed by atoms with Crippen molar-refractivity contribution in [3.05, 3.63) is 23.8 Å². The lowest BCUT2D eigenvalue weighted by atomic mass is 10.1. The molecular formula is C12H19NO3. The van der Waals surface area contributed by atoms with Crippen molar-refractivity contribution >= 4 is 0 Å². The van der Waals surface area contributed by atoms with Crippen molar-refractivity contribution in [2.75, 3.05) is 13.7 Å². The molecule has 0 aromatic heterocycles. The molecule has 0 aliphatic heterocycles. The summed E-state index contributed by atoms with van der Waals surface area (Å²) in [5.41, 5.74) is 0.963. The van der Waals surface area contributed by atoms with Crippen LogP contribution in [-0.4, -0.2) is 30.0 Å². The van der Waals surface area contributed by atoms with Gasteiger partial charge >= 0.3 is 0 Å². The van der Waals surface area contributed by atoms with E-state index in [2.05, 4.69) is 5.32 Å². The SMILES string of the molecule is CC[C@H](CO)NCc1ccc(OC)c(O)c1. The van der Waals surface area contributed by atoms with E-state index in [1.54, 1.807) is 12.1 Å². The Morgan fingerprint density at radius 2 is 2.19 bits per heavy atom. The summed E-state index contributed by atoms with van der Waals surface area (Å²) in [4.78, 5) is 0. The average molecular weight is 225 g/mol. The molecule has 0 spiro atoms. The van der Waals surface area contributed by atoms with Gasteiger partial charge in [0.25, 0.3) is 0 Å². The number of aliphatic hydroxyl groups is 1. The van der Waals surface area contributed by atoms with E-state index < -0.39 is 0 Å². The molecule has 4 nitrogen and oxygen atoms in total. The molecule has 0 aliphatic rings. The quantitative estimate of drug-likeness (QED) is 0.682. The molecule has 90 valence electrons. The monoisotopic (exact) mass is 225 g/mol. The average Bonchev–Trinajstić information content (AvgIpc) is 2.30. The van der Waals surface area contributed by atoms with Crippen molar-refractivity contribution in [2.45, 2.75) is 25.9 Å². The molecule has 16 heavy (non-hydrogen) atoms. The first-order chi connectivity index (χ1) is 7.71. The number of benzene rings is 1. The van der Waals surface area contributed by atoms with E-state index in [0.29, 0.717) is 12.3 Å². The fraction of sp³-hybridized carbons (Fsp3) is 0.500. The van der Waals surface area contributed by atoms with Gasteiger partial charge in [0.2, 0.25) is 0 Å². The maximum atomic E-state index is 9.57. The molecule has 0 unspecified atom stereocenters. The maximum absolute atomic E-state index is 9.57. The summed E-state index contributed by atoms with van der Waals surface area (Å²) in [5, 5.41) is 21.8. The lowest BCUT2D eigenvalue weighted by Gasteiger charge is -2.14. The van der Waals surface area contributed by atoms with Crippen LogP contribution in [-0.2, 0) is 6.54 Å². The topological polar surface area (TPSA) is 61.7 Å². The lowest BCUT2D eigenvalue weighted by Crippen LogP contribution is -2.31. The van der Waals surface area contributed by atoms with Crippen LogP contribution in [0.5, 0.6) is 11.5 Å². The molecular weight excluding hydrogens is 206 g/mol. The summed E-state index contributed by atoms with van der Waals surface area (Å²) < 4.78 is 4.96. The second-order valence-electron chi connectivity index (χ2n) is 3.67. The standard InChI is InChI=1S/C12H19NO3/c1-3-10(8-14)13-7-9-4-5-12(16-2)11(15)6-9/h4-6,10,13-15H,3,7-8H2,1-2H3/t10-/m1/s1. The first kappa shape index (κ1) is 12.8. The molecule has 0 fully saturated rings. The van der Waals surface area contributed by atoms with Crippen molar-refractivity contribution in [3.8, 4) is 11.5 Å². The number of hydrogen-bond acceptors (Lipinski definition) is 4. The van der Waals surface area contributed by atoms with Gasteiger partial charge in [-0.2, -0.15) is 0 Å². The molecule has 0 saturated heterocycles. The van der Waals surface area contributed by atoms with Gasteiger partial charge in [0.05, 0.1) is 13.7 Å². The molecule has 0 amide bonds. The van der Waals surface area contributed by atoms with Crippen LogP contribution >= 0.6 is 0 Å². The minimum Gasteiger partial charge on any atom is -0.504 e. The van der Waals surface area contributed by atoms with E-state index in [1.165, 1.54) is 7.11 Å². The maximum Gasteiger partial charge on any atom is 0.160 e. The van der Waals surface area contributed by atoms with Gasteiger partial charge in [0.15, 0.2) is 11.5 Å². The zero-order chi connectivity index (χ0) is 12.0. The minimum absolute atomic E-state index is 0.101. The van der Waals surface area contributed by atoms with Gasteiger partial charge in [0, 0.05) is 12.6 Å². The van der Waals surface area contributed by atoms with Crippen LogP contribution < -0.4 is 10.1 Å². The Morgan fingerprint density at radius 1 is 1.44 bits per heavy atom. The van der Waals surface area contributed by atoms with Crippen molar-refractivity contribution < 1.29 is 14.9 Å². The van der Waals surface area contributed by atoms with Crippen LogP contribution in [0.15, 0.2) is 18.2 Å². The van der Waals surface area contributed by atoms with E-state index in [0.717, 1.165) is 12.0 Å². The smallest absolute Gasteiger partial charge is 0.160 e. The number of phenolic OH excluding ortho intramolecular Hbond substituents is 1. The van der Waals surface area contributed by atoms with Gasteiger partial charge in [-0.3, -0.25) is 0 Å². The van der Waals surface area contributed by atoms with Crippen LogP contribution in [0.1, 0.15) is 18.9 Å². The minimum atomic E-state index is 0.101. The Kier molecular flexibility index (Phi) is 5.08. The fourth-order valence-corrected chi connectivity index (χ4v) is 1.45. The summed E-state index contributed by atoms with van der Waals surface area (Å²) in [5.74, 6) is 0.608. The molecule has 1 atom stereocenters. The third-order valence-corrected chi connectivity index (χ3v) is 2.55. The van der Waals surface area contributed by atoms with Crippen LogP contribution in [0.2, 0.25) is 0 Å². The Labute approximate surface area is 95.9 Å². The number of methoxy groups -OCH3 is 1. The highest BCUT2D eigenvalue weighted by Crippen LogP contribution is 2.26. The van der Waals surface area contributed by atoms with Gasteiger partial charge in [-0.1, -0.05) is 13.0 Å². The molecule has 4 heteroatoms. The lowest BCUT2D eigenvalue weighted by molar-refractivity contribution is 0.238. The zero-order valence-electron chi connectivity index (χ0n) is 9.73. The highest BCUT2D eigenvalue weighted by atomic mass is 16.5. The van der Waals surface area contributed by atoms with Crippen LogP contribution in [0.3, 0.4) is 0 Å². The van der Waals surface area contributed by atoms with Crippen molar-refractivity contribution in [3.63, 3.8) is 0 Å². The molecule has 3 N–H and O–H groups in total. The van der Waals surface area contributed by atoms with Crippen LogP contribution in [0.25, 0.3) is 0 Å². The third kappa shape index (κ3) is 3.40. The highest BCUT2D eigenvalue weighted by Gasteiger charge is 2.05. The Balaban J connectivity index is 2.58. The van der Waals surface area contributed by atoms with E-state index in [4.69, 9.17) is 9.84 Å². The highest BCUT2D eigenvalue weighted by molar-refractivity contribution is 5.41. The summed E-state index contributed by atoms with van der Waals surface area (Å²) in [6.07, 6.45) is 0.874. The summed E-state index contributed by atoms with van der Waals surface area (Å²) in [6.45, 7) is 2.76. The predicted octanol–water partition coefficient (Wildman–Crippen LogP) is 1.26. The summed E-state index contributed by atoms with van der Waals surface area (Å²) >= 11 is 0. The van der Waals surface area contributed by atoms with Gasteiger partial charge in [0.1, 0.15) is 0 Å². The van der Waals surface area contributed by atoms with Crippen LogP contribution in [0.4, 0.5) is 0 Å². The summed E-state index contributed by atoms with van der Waals surface area (Å²) in [7, 11) is 1.52. The van der Waals surface area contributed by atoms with Crippen molar-refractivity contribution in [1.82, 2.24) is 5.32 Å². The summed E-state index contributed by atoms with van der Waals surface area (Å²) in [6, 6.07) is 5.38. The largest absolute Gasteiger partial charge is 0.504 e. The van der Waals surface area contributed by atoms with Gasteiger partial charge in [-0.05, 0) is 24.1 Å². The van der Waals surface area contributed by atoms with Crippen molar-refractivity contribution in [2.24, 2.45) is 0 Å². The molecule has 1 aromatic rings. The number of hydrogen-bond donors (Lipinski definition) is 3. The number of ether oxygens (including phenoxy) is 1. The predicted molar refractivity (Wildman–Crippen MR) is 62.7 cm³/mol. The number of aromatic hydroxyl groups is 1. The van der Waals surface area contributed by atoms with E-state index in [9.17, 15) is 5.11 Å². The normalized spacial score (nSPS) is 12.4. The van der Waals surface area contributed by atoms with Gasteiger partial charge in [-0.15, -0.1) is 0 Å². The zero-order valence-corrected chi connectivity index (χ0v) is 9.73. The number of rotatable bonds is 6. The second-order valence-corrected chi connectivity index (χ2v) is 3.67. The van der Waals surface area contributed by atoms with E-state index in [-0.39, 0.29) is 18.4 Å². The first-order valence-corrected chi connectivity index (χ1v) is 5.41. The molecule has 0 saturated carbocycles. The van der Waals surface area contributed by atoms with Gasteiger partial charge in [-0.25, -0.2) is 0 Å². The molecule has 1 rings (SSSR count). The molecule has 0 radical (unpaired) electrons. The number of nitrogens with one attached hydrogen (secondary N) is 1. The van der Waals surface area contributed by atoms with Crippen LogP contribution in [0, 0.1) is 0 Å². The van der Waals surface area contributed by atoms with E-state index in [1.807, 2.05) is 13.0 Å². The van der Waals surface area contributed by atoms with E-state index >= 15 is 0 Å². The molecule has 1 aromatic carbocycles. The Hall–Kier alpha value is -1.26. The van der Waals surface area contributed by atoms with Crippen molar-refractivity contribution in [1.29, 1.82) is 0 Å². The Morgan fingerprint density at radius 3 is 2.69 bits per heavy atom. The molecule has 0 aliphatic carbocycles. The number of phenols is 1.